The van der Waals surface area contributed by atoms with Gasteiger partial charge in [-0.1, -0.05) is 78.1 Å². The average molecular weight is 463 g/mol. The van der Waals surface area contributed by atoms with Crippen LogP contribution in [-0.4, -0.2) is 23.4 Å². The van der Waals surface area contributed by atoms with Gasteiger partial charge in [-0.05, 0) is 12.8 Å². The molecular formula is C16H36Cl3MoO2. The van der Waals surface area contributed by atoms with Crippen LogP contribution in [0, 0.1) is 0 Å². The van der Waals surface area contributed by atoms with Crippen molar-refractivity contribution in [3.05, 3.63) is 0 Å². The molecule has 0 aromatic rings. The van der Waals surface area contributed by atoms with Gasteiger partial charge in [-0.2, -0.15) is 0 Å². The van der Waals surface area contributed by atoms with E-state index in [-0.39, 0.29) is 0 Å². The first kappa shape index (κ1) is 28.3. The minimum atomic E-state index is -1.94. The van der Waals surface area contributed by atoms with E-state index in [1.54, 1.807) is 0 Å². The average Bonchev–Trinajstić information content (AvgIpc) is 2.47. The van der Waals surface area contributed by atoms with Crippen LogP contribution in [0.2, 0.25) is 0 Å². The summed E-state index contributed by atoms with van der Waals surface area (Å²) >= 11 is -1.94. The first-order valence-corrected chi connectivity index (χ1v) is 16.3. The van der Waals surface area contributed by atoms with Crippen LogP contribution in [0.1, 0.15) is 90.9 Å². The molecule has 0 saturated heterocycles. The number of halogens is 3. The molecule has 0 radical (unpaired) electrons. The Hall–Kier alpha value is 1.48. The predicted molar refractivity (Wildman–Crippen MR) is 98.5 cm³/mol. The van der Waals surface area contributed by atoms with Crippen LogP contribution in [0.5, 0.6) is 0 Å². The Labute approximate surface area is 156 Å². The second-order valence-electron chi connectivity index (χ2n) is 5.16. The Bertz CT molecular complexity index is 136. The molecule has 139 valence electrons. The SMILES string of the molecule is CCCCCCCCO.CCCCCCCCO.[Cl][Mo]([Cl])[Cl]. The topological polar surface area (TPSA) is 40.5 Å². The van der Waals surface area contributed by atoms with Crippen LogP contribution < -0.4 is 0 Å². The predicted octanol–water partition coefficient (Wildman–Crippen LogP) is 6.74. The van der Waals surface area contributed by atoms with Crippen molar-refractivity contribution in [2.75, 3.05) is 13.2 Å². The van der Waals surface area contributed by atoms with Gasteiger partial charge in [-0.15, -0.1) is 0 Å². The number of rotatable bonds is 12. The fourth-order valence-corrected chi connectivity index (χ4v) is 1.78. The molecule has 0 spiro atoms. The van der Waals surface area contributed by atoms with Crippen LogP contribution in [0.3, 0.4) is 0 Å². The molecular weight excluding hydrogens is 426 g/mol. The van der Waals surface area contributed by atoms with Gasteiger partial charge in [0.2, 0.25) is 0 Å². The van der Waals surface area contributed by atoms with E-state index in [1.165, 1.54) is 64.2 Å². The molecule has 0 unspecified atom stereocenters. The van der Waals surface area contributed by atoms with Gasteiger partial charge in [-0.25, -0.2) is 0 Å². The molecule has 6 heteroatoms. The summed E-state index contributed by atoms with van der Waals surface area (Å²) in [5.74, 6) is 0. The number of aliphatic hydroxyl groups is 2. The molecule has 0 aliphatic carbocycles. The zero-order chi connectivity index (χ0) is 17.5. The van der Waals surface area contributed by atoms with E-state index in [2.05, 4.69) is 13.8 Å². The standard InChI is InChI=1S/2C8H18O.3ClH.Mo/c2*1-2-3-4-5-6-7-8-9;;;;/h2*9H,2-8H2,1H3;3*1H;/q;;;;;+3/p-3. The van der Waals surface area contributed by atoms with Gasteiger partial charge in [0.1, 0.15) is 0 Å². The van der Waals surface area contributed by atoms with E-state index >= 15 is 0 Å². The van der Waals surface area contributed by atoms with Crippen LogP contribution >= 0.6 is 28.3 Å². The van der Waals surface area contributed by atoms with E-state index in [4.69, 9.17) is 38.5 Å². The van der Waals surface area contributed by atoms with Crippen LogP contribution in [0.25, 0.3) is 0 Å². The second-order valence-corrected chi connectivity index (χ2v) is 14.3. The van der Waals surface area contributed by atoms with Crippen molar-refractivity contribution in [2.24, 2.45) is 0 Å². The number of hydrogen-bond acceptors (Lipinski definition) is 2. The maximum absolute atomic E-state index is 8.42. The van der Waals surface area contributed by atoms with Crippen molar-refractivity contribution in [1.82, 2.24) is 0 Å². The number of unbranched alkanes of at least 4 members (excludes halogenated alkanes) is 10. The third-order valence-corrected chi connectivity index (χ3v) is 3.02. The molecule has 0 aliphatic rings. The first-order valence-electron chi connectivity index (χ1n) is 8.51. The van der Waals surface area contributed by atoms with Gasteiger partial charge in [0.15, 0.2) is 0 Å². The Morgan fingerprint density at radius 2 is 0.773 bits per heavy atom. The van der Waals surface area contributed by atoms with Gasteiger partial charge in [0, 0.05) is 13.2 Å². The molecule has 0 bridgehead atoms. The number of hydrogen-bond donors (Lipinski definition) is 2. The molecule has 2 N–H and O–H groups in total. The minimum absolute atomic E-state index is 0.367. The van der Waals surface area contributed by atoms with Crippen molar-refractivity contribution >= 4 is 28.3 Å². The summed E-state index contributed by atoms with van der Waals surface area (Å²) in [4.78, 5) is 0. The third kappa shape index (κ3) is 49.6. The molecule has 22 heavy (non-hydrogen) atoms. The Morgan fingerprint density at radius 1 is 0.545 bits per heavy atom. The summed E-state index contributed by atoms with van der Waals surface area (Å²) < 4.78 is 0. The van der Waals surface area contributed by atoms with Crippen LogP contribution in [0.4, 0.5) is 0 Å². The molecule has 0 fully saturated rings. The Kier molecular flexibility index (Phi) is 39.1. The quantitative estimate of drug-likeness (QED) is 0.249. The van der Waals surface area contributed by atoms with Crippen molar-refractivity contribution in [3.8, 4) is 0 Å². The molecule has 0 heterocycles. The monoisotopic (exact) mass is 463 g/mol. The maximum atomic E-state index is 8.42. The Morgan fingerprint density at radius 3 is 1.00 bits per heavy atom. The summed E-state index contributed by atoms with van der Waals surface area (Å²) in [6.45, 7) is 5.16. The van der Waals surface area contributed by atoms with Crippen molar-refractivity contribution < 1.29 is 24.4 Å². The fourth-order valence-electron chi connectivity index (χ4n) is 1.78. The molecule has 2 nitrogen and oxygen atoms in total. The van der Waals surface area contributed by atoms with E-state index < -0.39 is 14.2 Å². The summed E-state index contributed by atoms with van der Waals surface area (Å²) in [5.41, 5.74) is 0. The van der Waals surface area contributed by atoms with Gasteiger partial charge in [0.05, 0.1) is 0 Å². The number of aliphatic hydroxyl groups excluding tert-OH is 2. The zero-order valence-electron chi connectivity index (χ0n) is 14.3. The van der Waals surface area contributed by atoms with Crippen molar-refractivity contribution in [1.29, 1.82) is 0 Å². The summed E-state index contributed by atoms with van der Waals surface area (Å²) in [6.07, 6.45) is 15.0. The summed E-state index contributed by atoms with van der Waals surface area (Å²) in [5, 5.41) is 16.8. The molecule has 0 aliphatic heterocycles. The van der Waals surface area contributed by atoms with Crippen molar-refractivity contribution in [3.63, 3.8) is 0 Å². The zero-order valence-corrected chi connectivity index (χ0v) is 18.6. The van der Waals surface area contributed by atoms with E-state index in [0.717, 1.165) is 12.8 Å². The van der Waals surface area contributed by atoms with E-state index in [0.29, 0.717) is 13.2 Å². The summed E-state index contributed by atoms with van der Waals surface area (Å²) in [7, 11) is 14.9. The van der Waals surface area contributed by atoms with E-state index in [1.807, 2.05) is 0 Å². The molecule has 0 rings (SSSR count). The summed E-state index contributed by atoms with van der Waals surface area (Å²) in [6, 6.07) is 0. The molecule has 0 aromatic heterocycles. The normalized spacial score (nSPS) is 9.82. The van der Waals surface area contributed by atoms with Crippen molar-refractivity contribution in [2.45, 2.75) is 90.9 Å². The molecule has 0 saturated carbocycles. The molecule has 0 atom stereocenters. The van der Waals surface area contributed by atoms with Gasteiger partial charge in [-0.3, -0.25) is 0 Å². The van der Waals surface area contributed by atoms with Gasteiger partial charge >= 0.3 is 42.4 Å². The van der Waals surface area contributed by atoms with E-state index in [9.17, 15) is 0 Å². The molecule has 0 aromatic carbocycles. The van der Waals surface area contributed by atoms with Crippen LogP contribution in [-0.2, 0) is 14.2 Å². The third-order valence-electron chi connectivity index (χ3n) is 3.02. The fraction of sp³-hybridized carbons (Fsp3) is 1.00. The van der Waals surface area contributed by atoms with Crippen LogP contribution in [0.15, 0.2) is 0 Å². The molecule has 0 amide bonds. The first-order chi connectivity index (χ1) is 10.6. The second kappa shape index (κ2) is 30.4. The van der Waals surface area contributed by atoms with Gasteiger partial charge < -0.3 is 10.2 Å². The van der Waals surface area contributed by atoms with Gasteiger partial charge in [0.25, 0.3) is 0 Å². The Balaban J connectivity index is -0.000000266.